The fourth-order valence-corrected chi connectivity index (χ4v) is 3.95. The molecule has 0 radical (unpaired) electrons. The normalized spacial score (nSPS) is 10.9. The Morgan fingerprint density at radius 2 is 1.94 bits per heavy atom. The van der Waals surface area contributed by atoms with Crippen LogP contribution in [-0.2, 0) is 0 Å². The molecule has 35 heavy (non-hydrogen) atoms. The number of nitrogens with two attached hydrogens (primary N) is 1. The lowest BCUT2D eigenvalue weighted by molar-refractivity contribution is 0.102. The van der Waals surface area contributed by atoms with E-state index in [1.165, 1.54) is 29.1 Å². The maximum absolute atomic E-state index is 14.3. The van der Waals surface area contributed by atoms with Gasteiger partial charge in [-0.25, -0.2) is 9.07 Å². The predicted octanol–water partition coefficient (Wildman–Crippen LogP) is 5.98. The van der Waals surface area contributed by atoms with E-state index in [9.17, 15) is 9.18 Å². The Hall–Kier alpha value is -4.02. The molecule has 0 aliphatic heterocycles. The van der Waals surface area contributed by atoms with Crippen molar-refractivity contribution in [3.8, 4) is 28.5 Å². The summed E-state index contributed by atoms with van der Waals surface area (Å²) < 4.78 is 21.8. The Balaban J connectivity index is 1.40. The van der Waals surface area contributed by atoms with Crippen LogP contribution in [0.4, 0.5) is 15.9 Å². The minimum absolute atomic E-state index is 0.133. The maximum atomic E-state index is 14.3. The summed E-state index contributed by atoms with van der Waals surface area (Å²) in [7, 11) is 0. The number of carbonyl (C=O) groups excluding carboxylic acids is 1. The van der Waals surface area contributed by atoms with Gasteiger partial charge in [0.25, 0.3) is 11.8 Å². The quantitative estimate of drug-likeness (QED) is 0.277. The summed E-state index contributed by atoms with van der Waals surface area (Å²) in [5.41, 5.74) is 8.35. The zero-order chi connectivity index (χ0) is 24.5. The van der Waals surface area contributed by atoms with Gasteiger partial charge in [0.1, 0.15) is 17.3 Å². The molecule has 174 valence electrons. The third-order valence-corrected chi connectivity index (χ3v) is 5.79. The van der Waals surface area contributed by atoms with Crippen molar-refractivity contribution in [3.63, 3.8) is 0 Å². The van der Waals surface area contributed by atoms with Crippen LogP contribution in [0.1, 0.15) is 10.4 Å². The lowest BCUT2D eigenvalue weighted by Gasteiger charge is -2.06. The standard InChI is InChI=1S/C24H15BrClFN6O2/c25-15-5-1-3-13(9-15)23(34)30-17-6-2-4-14(10-17)24-31-22(32-35-24)18-12-29-33(21(18)28)20-8-7-16(26)11-19(20)27/h1-12H,28H2,(H,30,34). The van der Waals surface area contributed by atoms with Gasteiger partial charge in [-0.3, -0.25) is 4.79 Å². The highest BCUT2D eigenvalue weighted by Gasteiger charge is 2.19. The highest BCUT2D eigenvalue weighted by molar-refractivity contribution is 9.10. The predicted molar refractivity (Wildman–Crippen MR) is 134 cm³/mol. The van der Waals surface area contributed by atoms with E-state index in [4.69, 9.17) is 21.9 Å². The Morgan fingerprint density at radius 1 is 1.11 bits per heavy atom. The summed E-state index contributed by atoms with van der Waals surface area (Å²) in [6.45, 7) is 0. The molecule has 0 fully saturated rings. The summed E-state index contributed by atoms with van der Waals surface area (Å²) in [5.74, 6) is -0.308. The molecule has 3 aromatic carbocycles. The number of halogens is 3. The second-order valence-electron chi connectivity index (χ2n) is 7.42. The van der Waals surface area contributed by atoms with Gasteiger partial charge < -0.3 is 15.6 Å². The third kappa shape index (κ3) is 4.66. The lowest BCUT2D eigenvalue weighted by Crippen LogP contribution is -2.11. The molecule has 0 unspecified atom stereocenters. The van der Waals surface area contributed by atoms with Crippen LogP contribution in [0.3, 0.4) is 0 Å². The molecule has 8 nitrogen and oxygen atoms in total. The first-order valence-electron chi connectivity index (χ1n) is 10.2. The monoisotopic (exact) mass is 552 g/mol. The molecule has 5 aromatic rings. The van der Waals surface area contributed by atoms with Crippen molar-refractivity contribution in [1.82, 2.24) is 19.9 Å². The minimum Gasteiger partial charge on any atom is -0.383 e. The maximum Gasteiger partial charge on any atom is 0.258 e. The molecule has 11 heteroatoms. The van der Waals surface area contributed by atoms with E-state index >= 15 is 0 Å². The largest absolute Gasteiger partial charge is 0.383 e. The molecule has 0 aliphatic carbocycles. The van der Waals surface area contributed by atoms with Crippen molar-refractivity contribution in [2.45, 2.75) is 0 Å². The Kier molecular flexibility index (Phi) is 6.06. The van der Waals surface area contributed by atoms with E-state index in [-0.39, 0.29) is 34.2 Å². The summed E-state index contributed by atoms with van der Waals surface area (Å²) in [6, 6.07) is 18.2. The second-order valence-corrected chi connectivity index (χ2v) is 8.77. The van der Waals surface area contributed by atoms with Crippen molar-refractivity contribution < 1.29 is 13.7 Å². The van der Waals surface area contributed by atoms with E-state index < -0.39 is 5.82 Å². The second kappa shape index (κ2) is 9.32. The van der Waals surface area contributed by atoms with E-state index in [1.807, 2.05) is 6.07 Å². The van der Waals surface area contributed by atoms with E-state index in [0.29, 0.717) is 22.4 Å². The zero-order valence-corrected chi connectivity index (χ0v) is 20.1. The van der Waals surface area contributed by atoms with Crippen molar-refractivity contribution >= 4 is 44.9 Å². The number of benzene rings is 3. The zero-order valence-electron chi connectivity index (χ0n) is 17.7. The van der Waals surface area contributed by atoms with Gasteiger partial charge in [-0.1, -0.05) is 44.8 Å². The van der Waals surface area contributed by atoms with Crippen LogP contribution in [0, 0.1) is 5.82 Å². The van der Waals surface area contributed by atoms with Crippen LogP contribution in [0.5, 0.6) is 0 Å². The van der Waals surface area contributed by atoms with Gasteiger partial charge in [0.2, 0.25) is 5.82 Å². The number of amides is 1. The number of hydrogen-bond acceptors (Lipinski definition) is 6. The highest BCUT2D eigenvalue weighted by atomic mass is 79.9. The van der Waals surface area contributed by atoms with Gasteiger partial charge in [0.15, 0.2) is 0 Å². The molecule has 2 aromatic heterocycles. The fraction of sp³-hybridized carbons (Fsp3) is 0. The molecule has 1 amide bonds. The molecule has 0 saturated carbocycles. The lowest BCUT2D eigenvalue weighted by atomic mass is 10.1. The van der Waals surface area contributed by atoms with Crippen molar-refractivity contribution in [2.75, 3.05) is 11.1 Å². The molecule has 5 rings (SSSR count). The van der Waals surface area contributed by atoms with Crippen LogP contribution in [0.25, 0.3) is 28.5 Å². The molecule has 3 N–H and O–H groups in total. The first-order valence-corrected chi connectivity index (χ1v) is 11.4. The number of hydrogen-bond donors (Lipinski definition) is 2. The SMILES string of the molecule is Nc1c(-c2noc(-c3cccc(NC(=O)c4cccc(Br)c4)c3)n2)cnn1-c1ccc(Cl)cc1F. The van der Waals surface area contributed by atoms with Gasteiger partial charge in [-0.2, -0.15) is 10.1 Å². The average Bonchev–Trinajstić information content (AvgIpc) is 3.46. The van der Waals surface area contributed by atoms with E-state index in [0.717, 1.165) is 4.47 Å². The smallest absolute Gasteiger partial charge is 0.258 e. The fourth-order valence-electron chi connectivity index (χ4n) is 3.39. The summed E-state index contributed by atoms with van der Waals surface area (Å²) in [5, 5.41) is 11.2. The molecular weight excluding hydrogens is 539 g/mol. The number of carbonyl (C=O) groups is 1. The summed E-state index contributed by atoms with van der Waals surface area (Å²) in [4.78, 5) is 17.0. The van der Waals surface area contributed by atoms with Gasteiger partial charge in [0.05, 0.1) is 11.8 Å². The van der Waals surface area contributed by atoms with Crippen molar-refractivity contribution in [1.29, 1.82) is 0 Å². The molecule has 0 spiro atoms. The van der Waals surface area contributed by atoms with Crippen LogP contribution < -0.4 is 11.1 Å². The Labute approximate surface area is 211 Å². The van der Waals surface area contributed by atoms with Gasteiger partial charge >= 0.3 is 0 Å². The summed E-state index contributed by atoms with van der Waals surface area (Å²) >= 11 is 9.18. The number of anilines is 2. The Morgan fingerprint density at radius 3 is 2.74 bits per heavy atom. The molecule has 0 saturated heterocycles. The van der Waals surface area contributed by atoms with E-state index in [1.54, 1.807) is 42.5 Å². The third-order valence-electron chi connectivity index (χ3n) is 5.07. The first kappa shape index (κ1) is 22.8. The average molecular weight is 554 g/mol. The number of rotatable bonds is 5. The van der Waals surface area contributed by atoms with Gasteiger partial charge in [0, 0.05) is 26.3 Å². The highest BCUT2D eigenvalue weighted by Crippen LogP contribution is 2.30. The van der Waals surface area contributed by atoms with Crippen molar-refractivity contribution in [2.24, 2.45) is 0 Å². The molecular formula is C24H15BrClFN6O2. The molecule has 2 heterocycles. The number of aromatic nitrogens is 4. The van der Waals surface area contributed by atoms with Gasteiger partial charge in [-0.05, 0) is 54.6 Å². The molecule has 0 atom stereocenters. The minimum atomic E-state index is -0.575. The number of nitrogen functional groups attached to an aromatic ring is 1. The first-order chi connectivity index (χ1) is 16.9. The van der Waals surface area contributed by atoms with Crippen molar-refractivity contribution in [3.05, 3.63) is 93.8 Å². The number of nitrogens with one attached hydrogen (secondary N) is 1. The van der Waals surface area contributed by atoms with Gasteiger partial charge in [-0.15, -0.1) is 0 Å². The molecule has 0 aliphatic rings. The van der Waals surface area contributed by atoms with Crippen LogP contribution in [0.2, 0.25) is 5.02 Å². The van der Waals surface area contributed by atoms with Crippen LogP contribution in [-0.4, -0.2) is 25.8 Å². The Bertz CT molecular complexity index is 1570. The van der Waals surface area contributed by atoms with Crippen LogP contribution >= 0.6 is 27.5 Å². The van der Waals surface area contributed by atoms with E-state index in [2.05, 4.69) is 36.5 Å². The topological polar surface area (TPSA) is 112 Å². The summed E-state index contributed by atoms with van der Waals surface area (Å²) in [6.07, 6.45) is 1.42. The molecule has 0 bridgehead atoms. The number of nitrogens with zero attached hydrogens (tertiary/aromatic N) is 4. The van der Waals surface area contributed by atoms with Crippen LogP contribution in [0.15, 0.2) is 81.9 Å².